The van der Waals surface area contributed by atoms with Crippen LogP contribution in [0.4, 0.5) is 5.69 Å². The van der Waals surface area contributed by atoms with Crippen molar-refractivity contribution in [2.45, 2.75) is 52.0 Å². The molecule has 0 saturated heterocycles. The topological polar surface area (TPSA) is 59.3 Å². The number of anilines is 1. The van der Waals surface area contributed by atoms with Gasteiger partial charge in [-0.1, -0.05) is 13.3 Å². The summed E-state index contributed by atoms with van der Waals surface area (Å²) in [6.07, 6.45) is 10.6. The van der Waals surface area contributed by atoms with Gasteiger partial charge in [0.2, 0.25) is 6.54 Å². The van der Waals surface area contributed by atoms with Gasteiger partial charge in [-0.2, -0.15) is 4.57 Å². The molecule has 1 aliphatic rings. The zero-order valence-corrected chi connectivity index (χ0v) is 15.9. The molecule has 1 amide bonds. The molecule has 3 rings (SSSR count). The van der Waals surface area contributed by atoms with Gasteiger partial charge in [0.1, 0.15) is 0 Å². The van der Waals surface area contributed by atoms with E-state index in [-0.39, 0.29) is 18.4 Å². The molecule has 0 fully saturated rings. The summed E-state index contributed by atoms with van der Waals surface area (Å²) in [5.74, 6) is -0.417. The maximum Gasteiger partial charge on any atom is 0.338 e. The Morgan fingerprint density at radius 3 is 2.56 bits per heavy atom. The zero-order chi connectivity index (χ0) is 19.1. The minimum absolute atomic E-state index is 0.0889. The zero-order valence-electron chi connectivity index (χ0n) is 15.9. The van der Waals surface area contributed by atoms with Crippen molar-refractivity contribution in [1.82, 2.24) is 0 Å². The second-order valence-electron chi connectivity index (χ2n) is 6.99. The Bertz CT molecular complexity index is 800. The molecule has 0 unspecified atom stereocenters. The number of aromatic nitrogens is 1. The summed E-state index contributed by atoms with van der Waals surface area (Å²) in [5, 5.41) is 2.88. The van der Waals surface area contributed by atoms with Crippen molar-refractivity contribution in [3.63, 3.8) is 0 Å². The number of nitrogens with one attached hydrogen (secondary N) is 1. The Morgan fingerprint density at radius 1 is 1.07 bits per heavy atom. The Balaban J connectivity index is 1.54. The molecule has 142 valence electrons. The van der Waals surface area contributed by atoms with Crippen molar-refractivity contribution >= 4 is 17.6 Å². The molecule has 0 atom stereocenters. The number of amides is 1. The lowest BCUT2D eigenvalue weighted by Crippen LogP contribution is -2.40. The Morgan fingerprint density at radius 2 is 1.81 bits per heavy atom. The number of unbranched alkanes of at least 4 members (excludes halogenated alkanes) is 1. The third-order valence-corrected chi connectivity index (χ3v) is 4.81. The van der Waals surface area contributed by atoms with Crippen LogP contribution >= 0.6 is 0 Å². The van der Waals surface area contributed by atoms with E-state index in [1.165, 1.54) is 24.0 Å². The van der Waals surface area contributed by atoms with Crippen LogP contribution in [0.15, 0.2) is 42.7 Å². The summed E-state index contributed by atoms with van der Waals surface area (Å²) in [5.41, 5.74) is 3.92. The van der Waals surface area contributed by atoms with E-state index in [1.54, 1.807) is 24.3 Å². The molecule has 2 aromatic rings. The van der Waals surface area contributed by atoms with Gasteiger partial charge in [0.05, 0.1) is 12.2 Å². The SMILES string of the molecule is CCCCOC(=O)c1ccc(NC(=O)C[n+]2ccc3c(c2)CCCC3)cc1. The number of carbonyl (C=O) groups is 2. The molecule has 5 heteroatoms. The maximum atomic E-state index is 12.3. The van der Waals surface area contributed by atoms with Gasteiger partial charge < -0.3 is 10.1 Å². The first kappa shape index (κ1) is 19.1. The molecule has 5 nitrogen and oxygen atoms in total. The fraction of sp³-hybridized carbons (Fsp3) is 0.409. The molecule has 27 heavy (non-hydrogen) atoms. The Kier molecular flexibility index (Phi) is 6.58. The van der Waals surface area contributed by atoms with Crippen molar-refractivity contribution in [2.24, 2.45) is 0 Å². The summed E-state index contributed by atoms with van der Waals surface area (Å²) in [4.78, 5) is 24.2. The van der Waals surface area contributed by atoms with Crippen LogP contribution in [0.3, 0.4) is 0 Å². The summed E-state index contributed by atoms with van der Waals surface area (Å²) >= 11 is 0. The van der Waals surface area contributed by atoms with Gasteiger partial charge in [-0.25, -0.2) is 4.79 Å². The lowest BCUT2D eigenvalue weighted by Gasteiger charge is -2.13. The Hall–Kier alpha value is -2.69. The molecule has 0 aliphatic heterocycles. The normalized spacial score (nSPS) is 12.9. The number of fused-ring (bicyclic) bond motifs is 1. The standard InChI is InChI=1S/C22H26N2O3/c1-2-3-14-27-22(26)18-8-10-20(11-9-18)23-21(25)16-24-13-12-17-6-4-5-7-19(17)15-24/h8-13,15H,2-7,14,16H2,1H3/p+1. The molecule has 0 spiro atoms. The average Bonchev–Trinajstić information content (AvgIpc) is 2.68. The van der Waals surface area contributed by atoms with E-state index in [0.717, 1.165) is 25.7 Å². The number of hydrogen-bond acceptors (Lipinski definition) is 3. The van der Waals surface area contributed by atoms with Gasteiger partial charge in [0.25, 0.3) is 5.91 Å². The number of esters is 1. The number of benzene rings is 1. The second kappa shape index (κ2) is 9.31. The minimum atomic E-state index is -0.328. The fourth-order valence-corrected chi connectivity index (χ4v) is 3.27. The summed E-state index contributed by atoms with van der Waals surface area (Å²) in [6.45, 7) is 2.76. The molecule has 0 radical (unpaired) electrons. The van der Waals surface area contributed by atoms with Crippen LogP contribution in [0.5, 0.6) is 0 Å². The highest BCUT2D eigenvalue weighted by Gasteiger charge is 2.16. The fourth-order valence-electron chi connectivity index (χ4n) is 3.27. The number of pyridine rings is 1. The summed E-state index contributed by atoms with van der Waals surface area (Å²) in [6, 6.07) is 8.93. The van der Waals surface area contributed by atoms with E-state index < -0.39 is 0 Å². The van der Waals surface area contributed by atoms with Gasteiger partial charge in [-0.15, -0.1) is 0 Å². The van der Waals surface area contributed by atoms with E-state index in [9.17, 15) is 9.59 Å². The molecule has 0 saturated carbocycles. The monoisotopic (exact) mass is 367 g/mol. The molecule has 1 N–H and O–H groups in total. The molecule has 1 aromatic heterocycles. The maximum absolute atomic E-state index is 12.3. The third kappa shape index (κ3) is 5.39. The van der Waals surface area contributed by atoms with Crippen LogP contribution in [0.2, 0.25) is 0 Å². The number of ether oxygens (including phenoxy) is 1. The second-order valence-corrected chi connectivity index (χ2v) is 6.99. The highest BCUT2D eigenvalue weighted by atomic mass is 16.5. The Labute approximate surface area is 160 Å². The molecule has 0 bridgehead atoms. The number of nitrogens with zero attached hydrogens (tertiary/aromatic N) is 1. The van der Waals surface area contributed by atoms with Crippen LogP contribution < -0.4 is 9.88 Å². The van der Waals surface area contributed by atoms with Crippen LogP contribution in [-0.4, -0.2) is 18.5 Å². The van der Waals surface area contributed by atoms with Gasteiger partial charge in [-0.3, -0.25) is 4.79 Å². The average molecular weight is 367 g/mol. The van der Waals surface area contributed by atoms with Crippen LogP contribution in [-0.2, 0) is 28.9 Å². The van der Waals surface area contributed by atoms with E-state index >= 15 is 0 Å². The quantitative estimate of drug-likeness (QED) is 0.463. The predicted molar refractivity (Wildman–Crippen MR) is 104 cm³/mol. The predicted octanol–water partition coefficient (Wildman–Crippen LogP) is 3.45. The molecular formula is C22H27N2O3+. The third-order valence-electron chi connectivity index (χ3n) is 4.81. The largest absolute Gasteiger partial charge is 0.462 e. The van der Waals surface area contributed by atoms with Crippen molar-refractivity contribution in [1.29, 1.82) is 0 Å². The van der Waals surface area contributed by atoms with E-state index in [2.05, 4.69) is 17.6 Å². The lowest BCUT2D eigenvalue weighted by atomic mass is 9.93. The molecule has 1 heterocycles. The van der Waals surface area contributed by atoms with Crippen molar-refractivity contribution in [3.8, 4) is 0 Å². The highest BCUT2D eigenvalue weighted by molar-refractivity contribution is 5.92. The first-order chi connectivity index (χ1) is 13.2. The molecular weight excluding hydrogens is 340 g/mol. The van der Waals surface area contributed by atoms with Gasteiger partial charge in [0.15, 0.2) is 12.4 Å². The van der Waals surface area contributed by atoms with Gasteiger partial charge >= 0.3 is 5.97 Å². The number of carbonyl (C=O) groups excluding carboxylic acids is 2. The summed E-state index contributed by atoms with van der Waals surface area (Å²) < 4.78 is 7.11. The smallest absolute Gasteiger partial charge is 0.338 e. The molecule has 1 aliphatic carbocycles. The van der Waals surface area contributed by atoms with Crippen molar-refractivity contribution in [3.05, 3.63) is 59.4 Å². The van der Waals surface area contributed by atoms with Crippen LogP contribution in [0, 0.1) is 0 Å². The lowest BCUT2D eigenvalue weighted by molar-refractivity contribution is -0.684. The van der Waals surface area contributed by atoms with Crippen molar-refractivity contribution in [2.75, 3.05) is 11.9 Å². The first-order valence-electron chi connectivity index (χ1n) is 9.73. The van der Waals surface area contributed by atoms with Gasteiger partial charge in [-0.05, 0) is 61.9 Å². The number of rotatable bonds is 7. The van der Waals surface area contributed by atoms with Gasteiger partial charge in [0, 0.05) is 17.3 Å². The highest BCUT2D eigenvalue weighted by Crippen LogP contribution is 2.18. The van der Waals surface area contributed by atoms with E-state index in [1.807, 2.05) is 17.7 Å². The molecule has 1 aromatic carbocycles. The minimum Gasteiger partial charge on any atom is -0.462 e. The van der Waals surface area contributed by atoms with E-state index in [0.29, 0.717) is 17.9 Å². The number of aryl methyl sites for hydroxylation is 2. The van der Waals surface area contributed by atoms with E-state index in [4.69, 9.17) is 4.74 Å². The first-order valence-corrected chi connectivity index (χ1v) is 9.73. The van der Waals surface area contributed by atoms with Crippen molar-refractivity contribution < 1.29 is 18.9 Å². The number of hydrogen-bond donors (Lipinski definition) is 1. The van der Waals surface area contributed by atoms with Crippen LogP contribution in [0.1, 0.15) is 54.1 Å². The summed E-state index contributed by atoms with van der Waals surface area (Å²) in [7, 11) is 0. The van der Waals surface area contributed by atoms with Crippen LogP contribution in [0.25, 0.3) is 0 Å².